The fourth-order valence-corrected chi connectivity index (χ4v) is 9.20. The molecular weight excluding hydrogens is 811 g/mol. The smallest absolute Gasteiger partial charge is 0.334 e. The Balaban J connectivity index is 1.03. The molecule has 4 aromatic carbocycles. The van der Waals surface area contributed by atoms with Crippen LogP contribution in [-0.2, 0) is 36.1 Å². The number of carbonyl (C=O) groups is 5. The standard InChI is InChI=1S/C49H55N9O6/c1-5-24-56-32-44(60)57-42(27-33-14-20-39(59)21-15-33)48(63)55(31-43(57)58(56)49(64)50-28-34-10-7-6-8-11-34)29-36-12-9-13-40-41(30-53(4)45(36)40)46(61)51-37-22-25-54(26-23-37)47(62)35-16-18-38(19-17-35)52(2)3/h5-21,30,37,42-43,59H,1,22-29,31-32H2,2-4H3,(H,50,64)(H,51,61)/t42-,43-/m0/s1. The molecule has 2 atom stereocenters. The largest absolute Gasteiger partial charge is 0.508 e. The van der Waals surface area contributed by atoms with Crippen molar-refractivity contribution in [3.8, 4) is 5.75 Å². The number of phenols is 1. The number of aromatic nitrogens is 1. The van der Waals surface area contributed by atoms with Gasteiger partial charge >= 0.3 is 6.03 Å². The van der Waals surface area contributed by atoms with Crippen molar-refractivity contribution in [2.24, 2.45) is 7.05 Å². The highest BCUT2D eigenvalue weighted by molar-refractivity contribution is 6.08. The van der Waals surface area contributed by atoms with Crippen LogP contribution in [0.5, 0.6) is 5.75 Å². The first-order valence-electron chi connectivity index (χ1n) is 21.7. The van der Waals surface area contributed by atoms with E-state index in [-0.39, 0.29) is 74.6 Å². The van der Waals surface area contributed by atoms with Crippen molar-refractivity contribution < 1.29 is 29.1 Å². The van der Waals surface area contributed by atoms with E-state index in [1.807, 2.05) is 108 Å². The van der Waals surface area contributed by atoms with E-state index < -0.39 is 18.2 Å². The number of phenolic OH excluding ortho intramolecular Hbond substituents is 1. The monoisotopic (exact) mass is 865 g/mol. The predicted octanol–water partition coefficient (Wildman–Crippen LogP) is 4.72. The number of nitrogens with one attached hydrogen (secondary N) is 2. The number of piperazine rings is 1. The van der Waals surface area contributed by atoms with Gasteiger partial charge in [0.25, 0.3) is 11.8 Å². The van der Waals surface area contributed by atoms with Gasteiger partial charge in [-0.05, 0) is 65.9 Å². The molecule has 0 spiro atoms. The fourth-order valence-electron chi connectivity index (χ4n) is 9.20. The maximum atomic E-state index is 14.8. The van der Waals surface area contributed by atoms with E-state index in [9.17, 15) is 29.1 Å². The van der Waals surface area contributed by atoms with Crippen LogP contribution in [0, 0.1) is 0 Å². The molecule has 4 heterocycles. The molecule has 8 rings (SSSR count). The Hall–Kier alpha value is -7.13. The first-order chi connectivity index (χ1) is 30.9. The summed E-state index contributed by atoms with van der Waals surface area (Å²) in [7, 11) is 5.79. The lowest BCUT2D eigenvalue weighted by atomic mass is 9.98. The zero-order chi connectivity index (χ0) is 45.1. The Labute approximate surface area is 373 Å². The van der Waals surface area contributed by atoms with Crippen molar-refractivity contribution in [1.82, 2.24) is 39.9 Å². The summed E-state index contributed by atoms with van der Waals surface area (Å²) in [4.78, 5) is 77.5. The van der Waals surface area contributed by atoms with Gasteiger partial charge in [-0.2, -0.15) is 0 Å². The number of para-hydroxylation sites is 1. The minimum atomic E-state index is -0.953. The lowest BCUT2D eigenvalue weighted by Gasteiger charge is -2.55. The number of likely N-dealkylation sites (tertiary alicyclic amines) is 1. The van der Waals surface area contributed by atoms with E-state index in [2.05, 4.69) is 17.2 Å². The summed E-state index contributed by atoms with van der Waals surface area (Å²) < 4.78 is 1.90. The number of fused-ring (bicyclic) bond motifs is 2. The second kappa shape index (κ2) is 18.7. The quantitative estimate of drug-likeness (QED) is 0.153. The summed E-state index contributed by atoms with van der Waals surface area (Å²) in [6.45, 7) is 5.46. The summed E-state index contributed by atoms with van der Waals surface area (Å²) in [5.74, 6) is -0.726. The summed E-state index contributed by atoms with van der Waals surface area (Å²) in [5, 5.41) is 20.2. The van der Waals surface area contributed by atoms with Crippen LogP contribution in [-0.4, -0.2) is 129 Å². The number of urea groups is 1. The molecular formula is C49H55N9O6. The van der Waals surface area contributed by atoms with E-state index in [0.29, 0.717) is 37.1 Å². The number of aromatic hydroxyl groups is 1. The molecule has 6 amide bonds. The van der Waals surface area contributed by atoms with Gasteiger partial charge in [-0.25, -0.2) is 14.8 Å². The number of hydrazine groups is 1. The molecule has 3 fully saturated rings. The molecule has 15 nitrogen and oxygen atoms in total. The third-order valence-electron chi connectivity index (χ3n) is 12.5. The molecule has 0 aliphatic carbocycles. The number of amides is 6. The number of nitrogens with zero attached hydrogens (tertiary/aromatic N) is 7. The molecule has 0 radical (unpaired) electrons. The molecule has 0 saturated carbocycles. The molecule has 15 heteroatoms. The van der Waals surface area contributed by atoms with Crippen LogP contribution in [0.15, 0.2) is 116 Å². The van der Waals surface area contributed by atoms with Crippen molar-refractivity contribution in [2.45, 2.75) is 50.6 Å². The highest BCUT2D eigenvalue weighted by Crippen LogP contribution is 2.32. The Morgan fingerprint density at radius 3 is 2.30 bits per heavy atom. The second-order valence-electron chi connectivity index (χ2n) is 17.0. The SMILES string of the molecule is C=CCN1CC(=O)N2[C@@H](Cc3ccc(O)cc3)C(=O)N(Cc3cccc4c(C(=O)NC5CCN(C(=O)c6ccc(N(C)C)cc6)CC5)cn(C)c34)C[C@@H]2N1C(=O)NCc1ccccc1. The number of carbonyl (C=O) groups excluding carboxylic acids is 5. The Morgan fingerprint density at radius 1 is 0.891 bits per heavy atom. The predicted molar refractivity (Wildman–Crippen MR) is 244 cm³/mol. The molecule has 3 aliphatic heterocycles. The fraction of sp³-hybridized carbons (Fsp3) is 0.327. The van der Waals surface area contributed by atoms with Gasteiger partial charge in [0.1, 0.15) is 18.0 Å². The Kier molecular flexibility index (Phi) is 12.7. The molecule has 1 aromatic heterocycles. The average molecular weight is 866 g/mol. The van der Waals surface area contributed by atoms with Crippen molar-refractivity contribution in [2.75, 3.05) is 51.7 Å². The lowest BCUT2D eigenvalue weighted by Crippen LogP contribution is -2.76. The van der Waals surface area contributed by atoms with Gasteiger partial charge in [0.05, 0.1) is 24.2 Å². The van der Waals surface area contributed by atoms with Gasteiger partial charge in [0.15, 0.2) is 0 Å². The molecule has 3 aliphatic rings. The highest BCUT2D eigenvalue weighted by Gasteiger charge is 2.51. The number of hydrogen-bond donors (Lipinski definition) is 3. The molecule has 5 aromatic rings. The van der Waals surface area contributed by atoms with Crippen LogP contribution in [0.25, 0.3) is 10.9 Å². The zero-order valence-electron chi connectivity index (χ0n) is 36.5. The first kappa shape index (κ1) is 43.5. The maximum Gasteiger partial charge on any atom is 0.334 e. The van der Waals surface area contributed by atoms with Gasteiger partial charge in [-0.1, -0.05) is 66.7 Å². The first-order valence-corrected chi connectivity index (χ1v) is 21.7. The molecule has 64 heavy (non-hydrogen) atoms. The number of piperidine rings is 1. The molecule has 0 unspecified atom stereocenters. The third-order valence-corrected chi connectivity index (χ3v) is 12.5. The molecule has 0 bridgehead atoms. The van der Waals surface area contributed by atoms with Gasteiger partial charge in [0.2, 0.25) is 11.8 Å². The number of benzene rings is 4. The van der Waals surface area contributed by atoms with E-state index in [1.54, 1.807) is 56.4 Å². The van der Waals surface area contributed by atoms with Crippen LogP contribution in [0.2, 0.25) is 0 Å². The average Bonchev–Trinajstić information content (AvgIpc) is 3.65. The normalized spacial score (nSPS) is 18.2. The summed E-state index contributed by atoms with van der Waals surface area (Å²) in [5.41, 5.74) is 5.38. The topological polar surface area (TPSA) is 154 Å². The van der Waals surface area contributed by atoms with Crippen LogP contribution >= 0.6 is 0 Å². The van der Waals surface area contributed by atoms with Crippen molar-refractivity contribution in [3.63, 3.8) is 0 Å². The number of rotatable bonds is 12. The Morgan fingerprint density at radius 2 is 1.61 bits per heavy atom. The van der Waals surface area contributed by atoms with Crippen LogP contribution in [0.3, 0.4) is 0 Å². The van der Waals surface area contributed by atoms with E-state index >= 15 is 0 Å². The van der Waals surface area contributed by atoms with Gasteiger partial charge < -0.3 is 39.9 Å². The van der Waals surface area contributed by atoms with Crippen LogP contribution < -0.4 is 15.5 Å². The minimum absolute atomic E-state index is 0.0218. The van der Waals surface area contributed by atoms with Crippen molar-refractivity contribution in [1.29, 1.82) is 0 Å². The van der Waals surface area contributed by atoms with Gasteiger partial charge in [-0.3, -0.25) is 19.2 Å². The number of anilines is 1. The third kappa shape index (κ3) is 9.02. The summed E-state index contributed by atoms with van der Waals surface area (Å²) in [6.07, 6.45) is 4.00. The molecule has 332 valence electrons. The van der Waals surface area contributed by atoms with Crippen LogP contribution in [0.4, 0.5) is 10.5 Å². The number of aryl methyl sites for hydroxylation is 1. The van der Waals surface area contributed by atoms with Crippen molar-refractivity contribution in [3.05, 3.63) is 144 Å². The van der Waals surface area contributed by atoms with E-state index in [0.717, 1.165) is 33.3 Å². The van der Waals surface area contributed by atoms with E-state index in [1.165, 1.54) is 0 Å². The summed E-state index contributed by atoms with van der Waals surface area (Å²) in [6, 6.07) is 27.9. The highest BCUT2D eigenvalue weighted by atomic mass is 16.3. The van der Waals surface area contributed by atoms with E-state index in [4.69, 9.17) is 0 Å². The minimum Gasteiger partial charge on any atom is -0.508 e. The zero-order valence-corrected chi connectivity index (χ0v) is 36.5. The molecule has 3 N–H and O–H groups in total. The van der Waals surface area contributed by atoms with Gasteiger partial charge in [-0.15, -0.1) is 6.58 Å². The summed E-state index contributed by atoms with van der Waals surface area (Å²) >= 11 is 0. The maximum absolute atomic E-state index is 14.8. The lowest BCUT2D eigenvalue weighted by molar-refractivity contribution is -0.189. The molecule has 3 saturated heterocycles. The Bertz CT molecular complexity index is 2530. The van der Waals surface area contributed by atoms with Crippen molar-refractivity contribution >= 4 is 46.3 Å². The second-order valence-corrected chi connectivity index (χ2v) is 17.0. The number of hydrogen-bond acceptors (Lipinski definition) is 8. The van der Waals surface area contributed by atoms with Gasteiger partial charge in [0, 0.05) is 89.2 Å². The van der Waals surface area contributed by atoms with Crippen LogP contribution in [0.1, 0.15) is 50.2 Å².